The zero-order valence-electron chi connectivity index (χ0n) is 15.8. The van der Waals surface area contributed by atoms with Crippen molar-refractivity contribution in [1.29, 1.82) is 0 Å². The highest BCUT2D eigenvalue weighted by molar-refractivity contribution is 5.23. The largest absolute Gasteiger partial charge is 0.438 e. The summed E-state index contributed by atoms with van der Waals surface area (Å²) in [5.41, 5.74) is -18.0. The van der Waals surface area contributed by atoms with E-state index in [-0.39, 0.29) is 0 Å². The van der Waals surface area contributed by atoms with Crippen LogP contribution in [0.4, 0.5) is 92.2 Å². The first-order valence-corrected chi connectivity index (χ1v) is 7.77. The van der Waals surface area contributed by atoms with Gasteiger partial charge in [-0.3, -0.25) is 0 Å². The highest BCUT2D eigenvalue weighted by Crippen LogP contribution is 2.68. The fraction of sp³-hybridized carbons (Fsp3) is 1.00. The van der Waals surface area contributed by atoms with Crippen LogP contribution in [0, 0.1) is 0 Å². The van der Waals surface area contributed by atoms with Crippen LogP contribution in [0.3, 0.4) is 0 Å². The summed E-state index contributed by atoms with van der Waals surface area (Å²) in [6.45, 7) is -1.90. The molecule has 1 atom stereocenters. The van der Waals surface area contributed by atoms with Crippen LogP contribution in [0.15, 0.2) is 0 Å². The fourth-order valence-corrected chi connectivity index (χ4v) is 2.34. The van der Waals surface area contributed by atoms with Crippen LogP contribution in [0.25, 0.3) is 0 Å². The Kier molecular flexibility index (Phi) is 8.15. The van der Waals surface area contributed by atoms with Gasteiger partial charge in [0.15, 0.2) is 0 Å². The van der Waals surface area contributed by atoms with Crippen LogP contribution in [-0.2, 0) is 4.74 Å². The van der Waals surface area contributed by atoms with Crippen molar-refractivity contribution in [3.63, 3.8) is 0 Å². The first-order chi connectivity index (χ1) is 14.8. The molecule has 0 radical (unpaired) electrons. The maximum absolute atomic E-state index is 14.1. The smallest absolute Gasteiger partial charge is 0.384 e. The Hall–Kier alpha value is -1.51. The molecule has 0 aliphatic rings. The van der Waals surface area contributed by atoms with E-state index in [2.05, 4.69) is 4.74 Å². The van der Waals surface area contributed by atoms with E-state index in [4.69, 9.17) is 0 Å². The lowest BCUT2D eigenvalue weighted by molar-refractivity contribution is -0.480. The number of rotatable bonds is 9. The molecule has 0 fully saturated rings. The van der Waals surface area contributed by atoms with Gasteiger partial charge in [0, 0.05) is 13.5 Å². The minimum absolute atomic E-state index is 0.319. The van der Waals surface area contributed by atoms with E-state index >= 15 is 0 Å². The number of ether oxygens (including phenoxy) is 1. The van der Waals surface area contributed by atoms with E-state index in [0.29, 0.717) is 7.11 Å². The lowest BCUT2D eigenvalue weighted by Gasteiger charge is -2.48. The summed E-state index contributed by atoms with van der Waals surface area (Å²) in [5.74, 6) is -43.2. The molecular weight excluding hydrogens is 571 g/mol. The van der Waals surface area contributed by atoms with Gasteiger partial charge in [-0.15, -0.1) is 0 Å². The number of methoxy groups -OCH3 is 1. The Morgan fingerprint density at radius 2 is 0.686 bits per heavy atom. The predicted molar refractivity (Wildman–Crippen MR) is 67.1 cm³/mol. The van der Waals surface area contributed by atoms with E-state index in [1.807, 2.05) is 0 Å². The molecule has 0 spiro atoms. The molecule has 35 heavy (non-hydrogen) atoms. The van der Waals surface area contributed by atoms with Crippen LogP contribution in [0.1, 0.15) is 6.42 Å². The first-order valence-electron chi connectivity index (χ1n) is 7.77. The van der Waals surface area contributed by atoms with Crippen LogP contribution >= 0.6 is 0 Å². The van der Waals surface area contributed by atoms with E-state index < -0.39 is 72.5 Å². The van der Waals surface area contributed by atoms with Crippen molar-refractivity contribution >= 4 is 0 Å². The molecule has 0 amide bonds. The maximum atomic E-state index is 14.1. The highest BCUT2D eigenvalue weighted by atomic mass is 19.4. The lowest BCUT2D eigenvalue weighted by atomic mass is 9.77. The Morgan fingerprint density at radius 3 is 0.943 bits per heavy atom. The zero-order chi connectivity index (χ0) is 29.1. The molecule has 1 unspecified atom stereocenters. The molecule has 0 aliphatic carbocycles. The van der Waals surface area contributed by atoms with Crippen molar-refractivity contribution < 1.29 is 96.9 Å². The first kappa shape index (κ1) is 33.5. The predicted octanol–water partition coefficient (Wildman–Crippen LogP) is 7.30. The van der Waals surface area contributed by atoms with Crippen molar-refractivity contribution in [3.05, 3.63) is 0 Å². The molecule has 1 nitrogen and oxygen atoms in total. The Morgan fingerprint density at radius 1 is 0.400 bits per heavy atom. The minimum atomic E-state index is -9.37. The normalized spacial score (nSPS) is 18.0. The van der Waals surface area contributed by atoms with Gasteiger partial charge in [-0.05, 0) is 0 Å². The van der Waals surface area contributed by atoms with Crippen molar-refractivity contribution in [2.24, 2.45) is 0 Å². The van der Waals surface area contributed by atoms with Gasteiger partial charge < -0.3 is 4.74 Å². The highest BCUT2D eigenvalue weighted by Gasteiger charge is 3.00. The number of hydrogen-bond acceptors (Lipinski definition) is 1. The van der Waals surface area contributed by atoms with Gasteiger partial charge in [-0.25, -0.2) is 8.78 Å². The molecule has 0 saturated carbocycles. The molecule has 212 valence electrons. The van der Waals surface area contributed by atoms with Gasteiger partial charge in [-0.1, -0.05) is 0 Å². The van der Waals surface area contributed by atoms with E-state index in [1.54, 1.807) is 0 Å². The van der Waals surface area contributed by atoms with Crippen molar-refractivity contribution in [2.45, 2.75) is 65.9 Å². The molecule has 0 aliphatic heterocycles. The summed E-state index contributed by atoms with van der Waals surface area (Å²) in [4.78, 5) is 0. The number of halogens is 21. The molecule has 0 saturated heterocycles. The summed E-state index contributed by atoms with van der Waals surface area (Å²) >= 11 is 0. The Bertz CT molecular complexity index is 728. The molecule has 0 bridgehead atoms. The molecule has 0 aromatic carbocycles. The van der Waals surface area contributed by atoms with Gasteiger partial charge in [0.1, 0.15) is 0 Å². The second kappa shape index (κ2) is 8.52. The van der Waals surface area contributed by atoms with E-state index in [0.717, 1.165) is 0 Å². The van der Waals surface area contributed by atoms with Gasteiger partial charge in [0.2, 0.25) is 0 Å². The molecule has 0 rings (SSSR count). The molecular formula is C13H7F21O. The number of hydrogen-bond donors (Lipinski definition) is 0. The van der Waals surface area contributed by atoms with Gasteiger partial charge in [0.25, 0.3) is 0 Å². The standard InChI is InChI=1S/C13H7F21O/c1-35-3-2-4(14,15)7(18,19)5(16,11(26,27)28)8(20,21)10(24,25)9(22,23)6(17,12(29,30)31)13(32,33)34/h2-3H2,1H3. The summed E-state index contributed by atoms with van der Waals surface area (Å²) < 4.78 is 280. The van der Waals surface area contributed by atoms with Crippen LogP contribution in [0.2, 0.25) is 0 Å². The Balaban J connectivity index is 7.56. The zero-order valence-corrected chi connectivity index (χ0v) is 15.8. The quantitative estimate of drug-likeness (QED) is 0.261. The Labute approximate surface area is 178 Å². The average molecular weight is 578 g/mol. The summed E-state index contributed by atoms with van der Waals surface area (Å²) in [6.07, 6.45) is -28.4. The van der Waals surface area contributed by atoms with Crippen molar-refractivity contribution in [1.82, 2.24) is 0 Å². The molecule has 22 heteroatoms. The third-order valence-electron chi connectivity index (χ3n) is 4.34. The van der Waals surface area contributed by atoms with E-state index in [9.17, 15) is 92.2 Å². The molecule has 0 heterocycles. The molecule has 0 aromatic heterocycles. The van der Waals surface area contributed by atoms with Crippen molar-refractivity contribution in [3.8, 4) is 0 Å². The molecule has 0 aromatic rings. The third kappa shape index (κ3) is 4.23. The summed E-state index contributed by atoms with van der Waals surface area (Å²) in [6, 6.07) is 0. The second-order valence-corrected chi connectivity index (χ2v) is 6.56. The second-order valence-electron chi connectivity index (χ2n) is 6.56. The van der Waals surface area contributed by atoms with E-state index in [1.165, 1.54) is 0 Å². The minimum Gasteiger partial charge on any atom is -0.384 e. The lowest BCUT2D eigenvalue weighted by Crippen LogP contribution is -2.81. The van der Waals surface area contributed by atoms with Gasteiger partial charge in [-0.2, -0.15) is 83.4 Å². The fourth-order valence-electron chi connectivity index (χ4n) is 2.34. The van der Waals surface area contributed by atoms with Crippen LogP contribution in [0.5, 0.6) is 0 Å². The van der Waals surface area contributed by atoms with Gasteiger partial charge in [0.05, 0.1) is 6.61 Å². The van der Waals surface area contributed by atoms with Crippen molar-refractivity contribution in [2.75, 3.05) is 13.7 Å². The summed E-state index contributed by atoms with van der Waals surface area (Å²) in [5, 5.41) is 0. The average Bonchev–Trinajstić information content (AvgIpc) is 2.61. The number of alkyl halides is 21. The summed E-state index contributed by atoms with van der Waals surface area (Å²) in [7, 11) is 0.319. The third-order valence-corrected chi connectivity index (χ3v) is 4.34. The van der Waals surface area contributed by atoms with Gasteiger partial charge >= 0.3 is 59.5 Å². The van der Waals surface area contributed by atoms with Crippen LogP contribution in [-0.4, -0.2) is 73.2 Å². The monoisotopic (exact) mass is 578 g/mol. The SMILES string of the molecule is COCCC(F)(F)C(F)(F)C(F)(C(F)(F)F)C(F)(F)C(F)(F)C(F)(F)C(F)(C(F)(F)F)C(F)(F)F. The van der Waals surface area contributed by atoms with Crippen LogP contribution < -0.4 is 0 Å². The maximum Gasteiger partial charge on any atom is 0.438 e. The topological polar surface area (TPSA) is 9.23 Å². The molecule has 0 N–H and O–H groups in total.